The molecule has 2 N–H and O–H groups in total. The number of nitrogens with one attached hydrogen (secondary N) is 1. The third-order valence-electron chi connectivity index (χ3n) is 3.23. The fourth-order valence-electron chi connectivity index (χ4n) is 2.45. The first-order valence-corrected chi connectivity index (χ1v) is 7.73. The summed E-state index contributed by atoms with van der Waals surface area (Å²) in [6, 6.07) is 0. The number of carboxylic acid groups (broad SMARTS) is 1. The van der Waals surface area contributed by atoms with Gasteiger partial charge >= 0.3 is 5.97 Å². The van der Waals surface area contributed by atoms with Crippen LogP contribution in [0.2, 0.25) is 0 Å². The highest BCUT2D eigenvalue weighted by molar-refractivity contribution is 7.90. The molecule has 1 rings (SSSR count). The topological polar surface area (TPSA) is 83.5 Å². The Labute approximate surface area is 103 Å². The smallest absolute Gasteiger partial charge is 0.320 e. The third kappa shape index (κ3) is 6.02. The molecule has 0 aliphatic heterocycles. The maximum absolute atomic E-state index is 11.3. The predicted molar refractivity (Wildman–Crippen MR) is 65.2 cm³/mol. The molecule has 0 saturated heterocycles. The van der Waals surface area contributed by atoms with Crippen LogP contribution in [-0.2, 0) is 14.8 Å². The van der Waals surface area contributed by atoms with Crippen molar-refractivity contribution >= 4 is 16.0 Å². The number of aliphatic carboxylic acids is 1. The fourth-order valence-corrected chi connectivity index (χ4v) is 3.31. The van der Waals surface area contributed by atoms with E-state index in [2.05, 4.69) is 11.6 Å². The van der Waals surface area contributed by atoms with Crippen molar-refractivity contribution in [2.75, 3.05) is 12.3 Å². The fraction of sp³-hybridized carbons (Fsp3) is 0.909. The number of carboxylic acids is 1. The van der Waals surface area contributed by atoms with E-state index in [0.717, 1.165) is 25.2 Å². The van der Waals surface area contributed by atoms with Gasteiger partial charge in [0.25, 0.3) is 0 Å². The SMILES string of the molecule is CC1CCCC(CCNS(=O)(=O)CC(=O)O)C1. The number of carbonyl (C=O) groups is 1. The second-order valence-corrected chi connectivity index (χ2v) is 6.78. The minimum atomic E-state index is -3.64. The second-order valence-electron chi connectivity index (χ2n) is 4.97. The Morgan fingerprint density at radius 1 is 1.41 bits per heavy atom. The van der Waals surface area contributed by atoms with Gasteiger partial charge in [0.05, 0.1) is 0 Å². The highest BCUT2D eigenvalue weighted by Crippen LogP contribution is 2.30. The summed E-state index contributed by atoms with van der Waals surface area (Å²) in [6.45, 7) is 2.58. The molecule has 5 nitrogen and oxygen atoms in total. The molecule has 2 unspecified atom stereocenters. The van der Waals surface area contributed by atoms with Crippen LogP contribution in [0.4, 0.5) is 0 Å². The van der Waals surface area contributed by atoms with Gasteiger partial charge in [-0.05, 0) is 24.7 Å². The largest absolute Gasteiger partial charge is 0.480 e. The van der Waals surface area contributed by atoms with E-state index in [0.29, 0.717) is 12.5 Å². The van der Waals surface area contributed by atoms with Crippen LogP contribution in [0.25, 0.3) is 0 Å². The van der Waals surface area contributed by atoms with Gasteiger partial charge in [0.1, 0.15) is 0 Å². The molecule has 1 fully saturated rings. The van der Waals surface area contributed by atoms with E-state index in [1.54, 1.807) is 0 Å². The molecule has 6 heteroatoms. The van der Waals surface area contributed by atoms with Gasteiger partial charge in [-0.15, -0.1) is 0 Å². The van der Waals surface area contributed by atoms with E-state index in [4.69, 9.17) is 5.11 Å². The van der Waals surface area contributed by atoms with Crippen molar-refractivity contribution in [3.05, 3.63) is 0 Å². The maximum atomic E-state index is 11.3. The molecule has 17 heavy (non-hydrogen) atoms. The average Bonchev–Trinajstić information content (AvgIpc) is 2.15. The molecule has 1 aliphatic rings. The van der Waals surface area contributed by atoms with Gasteiger partial charge in [-0.25, -0.2) is 13.1 Å². The van der Waals surface area contributed by atoms with Crippen LogP contribution in [0.3, 0.4) is 0 Å². The Morgan fingerprint density at radius 2 is 2.12 bits per heavy atom. The van der Waals surface area contributed by atoms with E-state index in [9.17, 15) is 13.2 Å². The van der Waals surface area contributed by atoms with Crippen molar-refractivity contribution in [1.29, 1.82) is 0 Å². The zero-order chi connectivity index (χ0) is 12.9. The zero-order valence-electron chi connectivity index (χ0n) is 10.2. The quantitative estimate of drug-likeness (QED) is 0.754. The van der Waals surface area contributed by atoms with Crippen LogP contribution >= 0.6 is 0 Å². The molecule has 100 valence electrons. The van der Waals surface area contributed by atoms with Crippen LogP contribution in [0, 0.1) is 11.8 Å². The molecule has 0 spiro atoms. The summed E-state index contributed by atoms with van der Waals surface area (Å²) in [5.74, 6) is -0.854. The number of hydrogen-bond acceptors (Lipinski definition) is 3. The highest BCUT2D eigenvalue weighted by atomic mass is 32.2. The first kappa shape index (κ1) is 14.4. The lowest BCUT2D eigenvalue weighted by Gasteiger charge is -2.26. The van der Waals surface area contributed by atoms with Crippen molar-refractivity contribution in [1.82, 2.24) is 4.72 Å². The molecule has 2 atom stereocenters. The highest BCUT2D eigenvalue weighted by Gasteiger charge is 2.20. The Hall–Kier alpha value is -0.620. The van der Waals surface area contributed by atoms with E-state index >= 15 is 0 Å². The van der Waals surface area contributed by atoms with Crippen LogP contribution in [0.1, 0.15) is 39.0 Å². The van der Waals surface area contributed by atoms with Gasteiger partial charge in [-0.3, -0.25) is 4.79 Å². The summed E-state index contributed by atoms with van der Waals surface area (Å²) in [4.78, 5) is 10.3. The van der Waals surface area contributed by atoms with Crippen molar-refractivity contribution in [2.45, 2.75) is 39.0 Å². The van der Waals surface area contributed by atoms with Crippen molar-refractivity contribution < 1.29 is 18.3 Å². The van der Waals surface area contributed by atoms with Gasteiger partial charge in [-0.2, -0.15) is 0 Å². The minimum Gasteiger partial charge on any atom is -0.480 e. The lowest BCUT2D eigenvalue weighted by Crippen LogP contribution is -2.32. The van der Waals surface area contributed by atoms with E-state index in [-0.39, 0.29) is 0 Å². The monoisotopic (exact) mass is 263 g/mol. The van der Waals surface area contributed by atoms with E-state index in [1.807, 2.05) is 0 Å². The molecule has 0 aromatic heterocycles. The molecule has 0 heterocycles. The summed E-state index contributed by atoms with van der Waals surface area (Å²) in [5, 5.41) is 8.41. The molecule has 1 saturated carbocycles. The first-order valence-electron chi connectivity index (χ1n) is 6.08. The summed E-state index contributed by atoms with van der Waals surface area (Å²) < 4.78 is 24.9. The van der Waals surface area contributed by atoms with Crippen LogP contribution in [0.5, 0.6) is 0 Å². The minimum absolute atomic E-state index is 0.354. The third-order valence-corrected chi connectivity index (χ3v) is 4.50. The Morgan fingerprint density at radius 3 is 2.71 bits per heavy atom. The molecule has 0 bridgehead atoms. The van der Waals surface area contributed by atoms with Crippen LogP contribution < -0.4 is 4.72 Å². The number of sulfonamides is 1. The second kappa shape index (κ2) is 6.35. The molecule has 0 aromatic rings. The Balaban J connectivity index is 2.25. The van der Waals surface area contributed by atoms with Crippen LogP contribution in [0.15, 0.2) is 0 Å². The molecular formula is C11H21NO4S. The summed E-state index contributed by atoms with van der Waals surface area (Å²) in [5.41, 5.74) is 0. The molecular weight excluding hydrogens is 242 g/mol. The van der Waals surface area contributed by atoms with E-state index in [1.165, 1.54) is 12.8 Å². The lowest BCUT2D eigenvalue weighted by atomic mass is 9.81. The predicted octanol–water partition coefficient (Wildman–Crippen LogP) is 1.21. The number of rotatable bonds is 6. The van der Waals surface area contributed by atoms with Gasteiger partial charge in [0.2, 0.25) is 10.0 Å². The van der Waals surface area contributed by atoms with Gasteiger partial charge in [0.15, 0.2) is 5.75 Å². The van der Waals surface area contributed by atoms with Gasteiger partial charge < -0.3 is 5.11 Å². The Bertz CT molecular complexity index is 352. The van der Waals surface area contributed by atoms with E-state index < -0.39 is 21.7 Å². The summed E-state index contributed by atoms with van der Waals surface area (Å²) in [7, 11) is -3.64. The Kier molecular flexibility index (Phi) is 5.39. The first-order chi connectivity index (χ1) is 7.89. The van der Waals surface area contributed by atoms with Crippen LogP contribution in [-0.4, -0.2) is 31.8 Å². The summed E-state index contributed by atoms with van der Waals surface area (Å²) >= 11 is 0. The number of hydrogen-bond donors (Lipinski definition) is 2. The molecule has 1 aliphatic carbocycles. The molecule has 0 aromatic carbocycles. The average molecular weight is 263 g/mol. The standard InChI is InChI=1S/C11H21NO4S/c1-9-3-2-4-10(7-9)5-6-12-17(15,16)8-11(13)14/h9-10,12H,2-8H2,1H3,(H,13,14). The molecule has 0 radical (unpaired) electrons. The normalized spacial score (nSPS) is 25.7. The van der Waals surface area contributed by atoms with Crippen molar-refractivity contribution in [3.63, 3.8) is 0 Å². The van der Waals surface area contributed by atoms with Crippen molar-refractivity contribution in [3.8, 4) is 0 Å². The van der Waals surface area contributed by atoms with Gasteiger partial charge in [0, 0.05) is 6.54 Å². The summed E-state index contributed by atoms with van der Waals surface area (Å²) in [6.07, 6.45) is 5.60. The van der Waals surface area contributed by atoms with Gasteiger partial charge in [-0.1, -0.05) is 26.2 Å². The van der Waals surface area contributed by atoms with Crippen molar-refractivity contribution in [2.24, 2.45) is 11.8 Å². The maximum Gasteiger partial charge on any atom is 0.320 e. The lowest BCUT2D eigenvalue weighted by molar-refractivity contribution is -0.134. The molecule has 0 amide bonds. The zero-order valence-corrected chi connectivity index (χ0v) is 11.0.